The monoisotopic (exact) mass is 249 g/mol. The summed E-state index contributed by atoms with van der Waals surface area (Å²) in [6.45, 7) is 5.73. The first kappa shape index (κ1) is 14.5. The van der Waals surface area contributed by atoms with Crippen LogP contribution in [0.5, 0.6) is 0 Å². The molecule has 0 fully saturated rings. The number of carbonyl (C=O) groups excluding carboxylic acids is 1. The maximum atomic E-state index is 11.8. The second-order valence-electron chi connectivity index (χ2n) is 5.61. The van der Waals surface area contributed by atoms with Crippen molar-refractivity contribution in [1.29, 1.82) is 0 Å². The van der Waals surface area contributed by atoms with Gasteiger partial charge < -0.3 is 16.0 Å². The van der Waals surface area contributed by atoms with Crippen LogP contribution >= 0.6 is 0 Å². The number of benzene rings is 1. The highest BCUT2D eigenvalue weighted by Crippen LogP contribution is 2.22. The first-order valence-electron chi connectivity index (χ1n) is 6.06. The average molecular weight is 249 g/mol. The Hall–Kier alpha value is -1.55. The van der Waals surface area contributed by atoms with E-state index in [1.807, 2.05) is 58.0 Å². The number of hydrogen-bond donors (Lipinski definition) is 2. The van der Waals surface area contributed by atoms with Gasteiger partial charge in [-0.25, -0.2) is 0 Å². The number of hydrogen-bond acceptors (Lipinski definition) is 3. The molecule has 0 saturated carbocycles. The van der Waals surface area contributed by atoms with Gasteiger partial charge in [-0.3, -0.25) is 4.79 Å². The largest absolute Gasteiger partial charge is 0.377 e. The molecular formula is C14H23N3O. The van der Waals surface area contributed by atoms with Gasteiger partial charge >= 0.3 is 0 Å². The summed E-state index contributed by atoms with van der Waals surface area (Å²) < 4.78 is 0. The van der Waals surface area contributed by atoms with Gasteiger partial charge in [0.1, 0.15) is 0 Å². The molecule has 0 spiro atoms. The number of aryl methyl sites for hydroxylation is 1. The Morgan fingerprint density at radius 3 is 2.50 bits per heavy atom. The van der Waals surface area contributed by atoms with E-state index in [-0.39, 0.29) is 5.91 Å². The van der Waals surface area contributed by atoms with E-state index in [9.17, 15) is 4.79 Å². The number of amides is 1. The molecule has 4 heteroatoms. The molecule has 0 atom stereocenters. The smallest absolute Gasteiger partial charge is 0.226 e. The third-order valence-corrected chi connectivity index (χ3v) is 2.59. The van der Waals surface area contributed by atoms with Crippen LogP contribution in [0, 0.1) is 6.92 Å². The van der Waals surface area contributed by atoms with Gasteiger partial charge in [0.05, 0.1) is 0 Å². The molecule has 100 valence electrons. The summed E-state index contributed by atoms with van der Waals surface area (Å²) in [5, 5.41) is 2.88. The Morgan fingerprint density at radius 1 is 1.39 bits per heavy atom. The fourth-order valence-corrected chi connectivity index (χ4v) is 1.79. The third-order valence-electron chi connectivity index (χ3n) is 2.59. The van der Waals surface area contributed by atoms with Gasteiger partial charge in [0.2, 0.25) is 5.91 Å². The number of nitrogens with two attached hydrogens (primary N) is 1. The Morgan fingerprint density at radius 2 is 2.00 bits per heavy atom. The molecule has 4 nitrogen and oxygen atoms in total. The van der Waals surface area contributed by atoms with Gasteiger partial charge in [0.25, 0.3) is 0 Å². The lowest BCUT2D eigenvalue weighted by Gasteiger charge is -2.19. The van der Waals surface area contributed by atoms with Crippen molar-refractivity contribution in [1.82, 2.24) is 0 Å². The Bertz CT molecular complexity index is 433. The normalized spacial score (nSPS) is 11.2. The second-order valence-corrected chi connectivity index (χ2v) is 5.61. The van der Waals surface area contributed by atoms with Gasteiger partial charge in [-0.15, -0.1) is 0 Å². The molecule has 0 aliphatic carbocycles. The Kier molecular flexibility index (Phi) is 4.35. The van der Waals surface area contributed by atoms with Crippen molar-refractivity contribution < 1.29 is 4.79 Å². The Labute approximate surface area is 109 Å². The maximum absolute atomic E-state index is 11.8. The fourth-order valence-electron chi connectivity index (χ4n) is 1.79. The summed E-state index contributed by atoms with van der Waals surface area (Å²) in [5.41, 5.74) is 8.42. The van der Waals surface area contributed by atoms with Crippen molar-refractivity contribution in [2.75, 3.05) is 24.3 Å². The quantitative estimate of drug-likeness (QED) is 0.859. The van der Waals surface area contributed by atoms with E-state index in [4.69, 9.17) is 5.73 Å². The van der Waals surface area contributed by atoms with E-state index in [0.717, 1.165) is 11.4 Å². The van der Waals surface area contributed by atoms with E-state index in [0.29, 0.717) is 6.42 Å². The topological polar surface area (TPSA) is 58.4 Å². The lowest BCUT2D eigenvalue weighted by atomic mass is 10.0. The van der Waals surface area contributed by atoms with Gasteiger partial charge in [-0.2, -0.15) is 0 Å². The van der Waals surface area contributed by atoms with Gasteiger partial charge in [-0.1, -0.05) is 6.07 Å². The van der Waals surface area contributed by atoms with Crippen LogP contribution in [0.2, 0.25) is 0 Å². The molecule has 0 saturated heterocycles. The first-order chi connectivity index (χ1) is 8.19. The molecule has 18 heavy (non-hydrogen) atoms. The van der Waals surface area contributed by atoms with Crippen LogP contribution in [0.25, 0.3) is 0 Å². The summed E-state index contributed by atoms with van der Waals surface area (Å²) >= 11 is 0. The van der Waals surface area contributed by atoms with Crippen LogP contribution in [-0.4, -0.2) is 25.5 Å². The van der Waals surface area contributed by atoms with E-state index in [1.165, 1.54) is 5.56 Å². The van der Waals surface area contributed by atoms with Crippen molar-refractivity contribution in [2.45, 2.75) is 32.7 Å². The fraction of sp³-hybridized carbons (Fsp3) is 0.500. The summed E-state index contributed by atoms with van der Waals surface area (Å²) in [5.74, 6) is -0.0592. The second kappa shape index (κ2) is 5.40. The zero-order valence-electron chi connectivity index (χ0n) is 11.9. The third kappa shape index (κ3) is 4.37. The zero-order valence-corrected chi connectivity index (χ0v) is 11.9. The van der Waals surface area contributed by atoms with Crippen LogP contribution in [-0.2, 0) is 4.79 Å². The number of anilines is 2. The lowest BCUT2D eigenvalue weighted by molar-refractivity contribution is -0.117. The average Bonchev–Trinajstić information content (AvgIpc) is 2.17. The molecule has 0 radical (unpaired) electrons. The highest BCUT2D eigenvalue weighted by molar-refractivity contribution is 5.92. The molecule has 0 unspecified atom stereocenters. The minimum absolute atomic E-state index is 0.0592. The molecular weight excluding hydrogens is 226 g/mol. The zero-order chi connectivity index (χ0) is 13.9. The van der Waals surface area contributed by atoms with Crippen molar-refractivity contribution in [2.24, 2.45) is 5.73 Å². The summed E-state index contributed by atoms with van der Waals surface area (Å²) in [6, 6.07) is 5.87. The number of nitrogens with one attached hydrogen (secondary N) is 1. The predicted octanol–water partition coefficient (Wildman–Crippen LogP) is 2.13. The van der Waals surface area contributed by atoms with E-state index < -0.39 is 5.54 Å². The van der Waals surface area contributed by atoms with Crippen LogP contribution in [0.1, 0.15) is 25.8 Å². The van der Waals surface area contributed by atoms with E-state index in [1.54, 1.807) is 0 Å². The highest BCUT2D eigenvalue weighted by Gasteiger charge is 2.16. The van der Waals surface area contributed by atoms with Gasteiger partial charge in [-0.05, 0) is 38.5 Å². The first-order valence-corrected chi connectivity index (χ1v) is 6.06. The lowest BCUT2D eigenvalue weighted by Crippen LogP contribution is -2.36. The molecule has 0 heterocycles. The van der Waals surface area contributed by atoms with Gasteiger partial charge in [0.15, 0.2) is 0 Å². The molecule has 0 bridgehead atoms. The number of carbonyl (C=O) groups is 1. The summed E-state index contributed by atoms with van der Waals surface area (Å²) in [7, 11) is 3.97. The summed E-state index contributed by atoms with van der Waals surface area (Å²) in [4.78, 5) is 13.8. The molecule has 3 N–H and O–H groups in total. The van der Waals surface area contributed by atoms with E-state index in [2.05, 4.69) is 5.32 Å². The highest BCUT2D eigenvalue weighted by atomic mass is 16.1. The maximum Gasteiger partial charge on any atom is 0.226 e. The molecule has 0 aromatic heterocycles. The Balaban J connectivity index is 2.80. The molecule has 1 amide bonds. The van der Waals surface area contributed by atoms with Crippen molar-refractivity contribution in [3.63, 3.8) is 0 Å². The molecule has 0 aliphatic rings. The minimum Gasteiger partial charge on any atom is -0.377 e. The SMILES string of the molecule is Cc1ccc(NC(=O)CC(C)(C)N)cc1N(C)C. The van der Waals surface area contributed by atoms with Crippen LogP contribution in [0.15, 0.2) is 18.2 Å². The molecule has 1 aromatic carbocycles. The van der Waals surface area contributed by atoms with Crippen molar-refractivity contribution in [3.8, 4) is 0 Å². The number of nitrogens with zero attached hydrogens (tertiary/aromatic N) is 1. The minimum atomic E-state index is -0.487. The number of rotatable bonds is 4. The van der Waals surface area contributed by atoms with E-state index >= 15 is 0 Å². The van der Waals surface area contributed by atoms with Crippen LogP contribution in [0.3, 0.4) is 0 Å². The van der Waals surface area contributed by atoms with Crippen LogP contribution in [0.4, 0.5) is 11.4 Å². The predicted molar refractivity (Wildman–Crippen MR) is 77.0 cm³/mol. The molecule has 1 rings (SSSR count). The standard InChI is InChI=1S/C14H23N3O/c1-10-6-7-11(8-12(10)17(4)5)16-13(18)9-14(2,3)15/h6-8H,9,15H2,1-5H3,(H,16,18). The molecule has 1 aromatic rings. The van der Waals surface area contributed by atoms with Gasteiger partial charge in [0, 0.05) is 37.4 Å². The van der Waals surface area contributed by atoms with Crippen LogP contribution < -0.4 is 16.0 Å². The van der Waals surface area contributed by atoms with Crippen molar-refractivity contribution >= 4 is 17.3 Å². The molecule has 0 aliphatic heterocycles. The summed E-state index contributed by atoms with van der Waals surface area (Å²) in [6.07, 6.45) is 0.304. The van der Waals surface area contributed by atoms with Crippen molar-refractivity contribution in [3.05, 3.63) is 23.8 Å².